The topological polar surface area (TPSA) is 24.5 Å². The van der Waals surface area contributed by atoms with E-state index in [1.54, 1.807) is 0 Å². The average molecular weight is 296 g/mol. The maximum absolute atomic E-state index is 5.89. The molecule has 0 bridgehead atoms. The first kappa shape index (κ1) is 17.2. The Bertz CT molecular complexity index is 316. The van der Waals surface area contributed by atoms with Crippen molar-refractivity contribution in [3.05, 3.63) is 0 Å². The zero-order valence-electron chi connectivity index (χ0n) is 14.9. The normalized spacial score (nSPS) is 32.0. The van der Waals surface area contributed by atoms with Crippen LogP contribution in [0.5, 0.6) is 0 Å². The standard InChI is InChI=1S/C18H36N2O/c1-15(2)16-8-6-10-20(16)13-18(9-7-11-21-14-18)12-19-17(3,4)5/h15-16,19H,6-14H2,1-5H3. The van der Waals surface area contributed by atoms with Gasteiger partial charge in [0.1, 0.15) is 0 Å². The van der Waals surface area contributed by atoms with E-state index in [1.165, 1.54) is 38.8 Å². The van der Waals surface area contributed by atoms with Gasteiger partial charge in [0, 0.05) is 36.7 Å². The van der Waals surface area contributed by atoms with E-state index in [-0.39, 0.29) is 5.54 Å². The van der Waals surface area contributed by atoms with Crippen LogP contribution in [0.2, 0.25) is 0 Å². The van der Waals surface area contributed by atoms with Crippen LogP contribution in [0, 0.1) is 11.3 Å². The second kappa shape index (κ2) is 6.97. The molecular weight excluding hydrogens is 260 g/mol. The first-order chi connectivity index (χ1) is 9.81. The molecule has 1 N–H and O–H groups in total. The summed E-state index contributed by atoms with van der Waals surface area (Å²) in [6, 6.07) is 0.776. The van der Waals surface area contributed by atoms with Crippen molar-refractivity contribution < 1.29 is 4.74 Å². The van der Waals surface area contributed by atoms with Crippen LogP contribution in [0.3, 0.4) is 0 Å². The summed E-state index contributed by atoms with van der Waals surface area (Å²) in [7, 11) is 0. The maximum atomic E-state index is 5.89. The molecule has 0 spiro atoms. The van der Waals surface area contributed by atoms with Crippen LogP contribution >= 0.6 is 0 Å². The van der Waals surface area contributed by atoms with E-state index in [0.717, 1.165) is 31.7 Å². The third-order valence-electron chi connectivity index (χ3n) is 5.12. The highest BCUT2D eigenvalue weighted by molar-refractivity contribution is 4.93. The number of ether oxygens (including phenoxy) is 1. The fourth-order valence-corrected chi connectivity index (χ4v) is 3.92. The minimum absolute atomic E-state index is 0.187. The number of nitrogens with one attached hydrogen (secondary N) is 1. The van der Waals surface area contributed by atoms with Gasteiger partial charge in [-0.05, 0) is 58.9 Å². The second-order valence-corrected chi connectivity index (χ2v) is 8.68. The lowest BCUT2D eigenvalue weighted by Gasteiger charge is -2.43. The minimum atomic E-state index is 0.187. The van der Waals surface area contributed by atoms with Crippen LogP contribution < -0.4 is 5.32 Å². The van der Waals surface area contributed by atoms with Crippen molar-refractivity contribution in [3.8, 4) is 0 Å². The summed E-state index contributed by atoms with van der Waals surface area (Å²) < 4.78 is 5.89. The van der Waals surface area contributed by atoms with Gasteiger partial charge in [0.05, 0.1) is 6.61 Å². The van der Waals surface area contributed by atoms with Gasteiger partial charge in [-0.3, -0.25) is 4.90 Å². The molecule has 0 amide bonds. The molecule has 0 aromatic rings. The predicted molar refractivity (Wildman–Crippen MR) is 89.7 cm³/mol. The molecular formula is C18H36N2O. The third-order valence-corrected chi connectivity index (χ3v) is 5.12. The molecule has 2 unspecified atom stereocenters. The molecule has 124 valence electrons. The molecule has 0 radical (unpaired) electrons. The zero-order chi connectivity index (χ0) is 15.5. The number of hydrogen-bond acceptors (Lipinski definition) is 3. The lowest BCUT2D eigenvalue weighted by atomic mass is 9.80. The smallest absolute Gasteiger partial charge is 0.0546 e. The van der Waals surface area contributed by atoms with Crippen LogP contribution in [0.25, 0.3) is 0 Å². The highest BCUT2D eigenvalue weighted by atomic mass is 16.5. The zero-order valence-corrected chi connectivity index (χ0v) is 14.9. The van der Waals surface area contributed by atoms with E-state index < -0.39 is 0 Å². The number of hydrogen-bond donors (Lipinski definition) is 1. The van der Waals surface area contributed by atoms with Crippen molar-refractivity contribution in [1.82, 2.24) is 10.2 Å². The van der Waals surface area contributed by atoms with Gasteiger partial charge in [0.25, 0.3) is 0 Å². The second-order valence-electron chi connectivity index (χ2n) is 8.68. The molecule has 3 heteroatoms. The van der Waals surface area contributed by atoms with Gasteiger partial charge < -0.3 is 10.1 Å². The van der Waals surface area contributed by atoms with Crippen LogP contribution in [-0.2, 0) is 4.74 Å². The SMILES string of the molecule is CC(C)C1CCCN1CC1(CNC(C)(C)C)CCCOC1. The van der Waals surface area contributed by atoms with Crippen molar-refractivity contribution in [2.45, 2.75) is 71.9 Å². The van der Waals surface area contributed by atoms with E-state index in [0.29, 0.717) is 5.41 Å². The Kier molecular flexibility index (Phi) is 5.72. The van der Waals surface area contributed by atoms with E-state index in [2.05, 4.69) is 44.8 Å². The highest BCUT2D eigenvalue weighted by Crippen LogP contribution is 2.34. The summed E-state index contributed by atoms with van der Waals surface area (Å²) in [4.78, 5) is 2.75. The largest absolute Gasteiger partial charge is 0.381 e. The van der Waals surface area contributed by atoms with Crippen molar-refractivity contribution in [2.75, 3.05) is 32.8 Å². The quantitative estimate of drug-likeness (QED) is 0.842. The molecule has 2 atom stereocenters. The minimum Gasteiger partial charge on any atom is -0.381 e. The maximum Gasteiger partial charge on any atom is 0.0546 e. The summed E-state index contributed by atoms with van der Waals surface area (Å²) in [5.74, 6) is 0.768. The molecule has 2 aliphatic heterocycles. The summed E-state index contributed by atoms with van der Waals surface area (Å²) in [5, 5.41) is 3.74. The molecule has 0 saturated carbocycles. The van der Waals surface area contributed by atoms with Crippen molar-refractivity contribution in [3.63, 3.8) is 0 Å². The Morgan fingerprint density at radius 3 is 2.62 bits per heavy atom. The Labute approximate surface area is 131 Å². The lowest BCUT2D eigenvalue weighted by Crippen LogP contribution is -2.53. The molecule has 2 saturated heterocycles. The third kappa shape index (κ3) is 4.94. The number of likely N-dealkylation sites (tertiary alicyclic amines) is 1. The van der Waals surface area contributed by atoms with Crippen molar-refractivity contribution in [1.29, 1.82) is 0 Å². The van der Waals surface area contributed by atoms with E-state index in [9.17, 15) is 0 Å². The molecule has 2 aliphatic rings. The van der Waals surface area contributed by atoms with Crippen molar-refractivity contribution >= 4 is 0 Å². The summed E-state index contributed by atoms with van der Waals surface area (Å²) >= 11 is 0. The number of rotatable bonds is 5. The Hall–Kier alpha value is -0.120. The van der Waals surface area contributed by atoms with Gasteiger partial charge in [-0.25, -0.2) is 0 Å². The van der Waals surface area contributed by atoms with Gasteiger partial charge >= 0.3 is 0 Å². The summed E-state index contributed by atoms with van der Waals surface area (Å²) in [6.07, 6.45) is 5.26. The monoisotopic (exact) mass is 296 g/mol. The summed E-state index contributed by atoms with van der Waals surface area (Å²) in [6.45, 7) is 17.0. The van der Waals surface area contributed by atoms with Gasteiger partial charge in [0.15, 0.2) is 0 Å². The summed E-state index contributed by atoms with van der Waals surface area (Å²) in [5.41, 5.74) is 0.496. The first-order valence-electron chi connectivity index (χ1n) is 8.88. The van der Waals surface area contributed by atoms with Crippen LogP contribution in [-0.4, -0.2) is 49.3 Å². The van der Waals surface area contributed by atoms with Crippen LogP contribution in [0.15, 0.2) is 0 Å². The van der Waals surface area contributed by atoms with Gasteiger partial charge in [-0.15, -0.1) is 0 Å². The van der Waals surface area contributed by atoms with Crippen LogP contribution in [0.4, 0.5) is 0 Å². The Balaban J connectivity index is 2.01. The van der Waals surface area contributed by atoms with Gasteiger partial charge in [0.2, 0.25) is 0 Å². The van der Waals surface area contributed by atoms with E-state index in [4.69, 9.17) is 4.74 Å². The first-order valence-corrected chi connectivity index (χ1v) is 8.88. The Morgan fingerprint density at radius 2 is 2.05 bits per heavy atom. The Morgan fingerprint density at radius 1 is 1.29 bits per heavy atom. The molecule has 3 nitrogen and oxygen atoms in total. The molecule has 0 aromatic carbocycles. The molecule has 21 heavy (non-hydrogen) atoms. The molecule has 0 aromatic heterocycles. The molecule has 2 heterocycles. The fourth-order valence-electron chi connectivity index (χ4n) is 3.92. The van der Waals surface area contributed by atoms with Gasteiger partial charge in [-0.2, -0.15) is 0 Å². The highest BCUT2D eigenvalue weighted by Gasteiger charge is 2.39. The average Bonchev–Trinajstić information content (AvgIpc) is 2.85. The molecule has 2 rings (SSSR count). The molecule has 2 fully saturated rings. The van der Waals surface area contributed by atoms with E-state index in [1.807, 2.05) is 0 Å². The molecule has 0 aliphatic carbocycles. The number of nitrogens with zero attached hydrogens (tertiary/aromatic N) is 1. The van der Waals surface area contributed by atoms with Gasteiger partial charge in [-0.1, -0.05) is 13.8 Å². The van der Waals surface area contributed by atoms with Crippen LogP contribution in [0.1, 0.15) is 60.3 Å². The van der Waals surface area contributed by atoms with Crippen molar-refractivity contribution in [2.24, 2.45) is 11.3 Å². The predicted octanol–water partition coefficient (Wildman–Crippen LogP) is 3.29. The lowest BCUT2D eigenvalue weighted by molar-refractivity contribution is -0.0330. The van der Waals surface area contributed by atoms with E-state index >= 15 is 0 Å². The fraction of sp³-hybridized carbons (Fsp3) is 1.00.